The van der Waals surface area contributed by atoms with Crippen LogP contribution < -0.4 is 4.90 Å². The number of H-pyrrole nitrogens is 1. The first-order chi connectivity index (χ1) is 17.3. The third-order valence-corrected chi connectivity index (χ3v) is 8.03. The average Bonchev–Trinajstić information content (AvgIpc) is 3.57. The number of nitrogens with one attached hydrogen (secondary N) is 1. The normalized spacial score (nSPS) is 20.7. The van der Waals surface area contributed by atoms with Gasteiger partial charge in [0, 0.05) is 48.4 Å². The highest BCUT2D eigenvalue weighted by atomic mass is 16.3. The second-order valence-corrected chi connectivity index (χ2v) is 10.6. The predicted molar refractivity (Wildman–Crippen MR) is 141 cm³/mol. The fourth-order valence-corrected chi connectivity index (χ4v) is 6.08. The zero-order chi connectivity index (χ0) is 25.1. The summed E-state index contributed by atoms with van der Waals surface area (Å²) in [6.45, 7) is 10.4. The van der Waals surface area contributed by atoms with Crippen LogP contribution in [0.15, 0.2) is 24.4 Å². The number of fused-ring (bicyclic) bond motifs is 2. The number of anilines is 1. The Hall–Kier alpha value is -3.39. The van der Waals surface area contributed by atoms with Gasteiger partial charge in [0.2, 0.25) is 0 Å². The van der Waals surface area contributed by atoms with Gasteiger partial charge < -0.3 is 19.9 Å². The lowest BCUT2D eigenvalue weighted by molar-refractivity contribution is 0.0600. The average molecular weight is 487 g/mol. The Kier molecular flexibility index (Phi) is 5.52. The lowest BCUT2D eigenvalue weighted by Crippen LogP contribution is -2.39. The number of hydrogen-bond acceptors (Lipinski definition) is 5. The van der Waals surface area contributed by atoms with Crippen LogP contribution in [0, 0.1) is 27.7 Å². The summed E-state index contributed by atoms with van der Waals surface area (Å²) in [7, 11) is 0. The Labute approximate surface area is 210 Å². The molecule has 2 aliphatic rings. The first-order valence-corrected chi connectivity index (χ1v) is 13.0. The number of nitrogens with zero attached hydrogens (tertiary/aromatic N) is 5. The minimum absolute atomic E-state index is 0.0418. The number of aromatic nitrogens is 4. The van der Waals surface area contributed by atoms with Crippen LogP contribution in [0.25, 0.3) is 16.6 Å². The number of benzene rings is 1. The number of amides is 1. The molecule has 2 N–H and O–H groups in total. The Bertz CT molecular complexity index is 1480. The molecule has 36 heavy (non-hydrogen) atoms. The van der Waals surface area contributed by atoms with E-state index >= 15 is 0 Å². The largest absolute Gasteiger partial charge is 0.391 e. The van der Waals surface area contributed by atoms with E-state index in [-0.39, 0.29) is 18.1 Å². The van der Waals surface area contributed by atoms with Gasteiger partial charge in [0.15, 0.2) is 5.65 Å². The van der Waals surface area contributed by atoms with Gasteiger partial charge in [-0.3, -0.25) is 4.79 Å². The molecule has 2 fully saturated rings. The molecule has 6 rings (SSSR count). The number of piperidine rings is 1. The molecular weight excluding hydrogens is 452 g/mol. The summed E-state index contributed by atoms with van der Waals surface area (Å²) < 4.78 is 1.83. The molecule has 1 aromatic carbocycles. The van der Waals surface area contributed by atoms with Crippen LogP contribution in [0.4, 0.5) is 5.82 Å². The van der Waals surface area contributed by atoms with E-state index in [0.717, 1.165) is 77.0 Å². The highest BCUT2D eigenvalue weighted by Crippen LogP contribution is 2.35. The van der Waals surface area contributed by atoms with Gasteiger partial charge >= 0.3 is 0 Å². The fraction of sp³-hybridized carbons (Fsp3) is 0.464. The number of aromatic amines is 1. The standard InChI is InChI=1S/C28H34N6O2/c1-16-8-9-17(2)25-24(16)19(4)26(30-25)28(36)33-11-6-5-7-22(33)21-13-23-29-27(18(3)14-34(23)31-21)32-12-10-20(35)15-32/h8-9,13-14,20,22,30,35H,5-7,10-12,15H2,1-4H3/t20?,22-/m0/s1. The van der Waals surface area contributed by atoms with Crippen molar-refractivity contribution in [1.82, 2.24) is 24.5 Å². The number of β-amino-alcohol motifs (C(OH)–C–C–N with tert-alkyl or cyclic N) is 1. The summed E-state index contributed by atoms with van der Waals surface area (Å²) in [6.07, 6.45) is 5.42. The third-order valence-electron chi connectivity index (χ3n) is 8.03. The third kappa shape index (κ3) is 3.66. The molecule has 0 spiro atoms. The fourth-order valence-electron chi connectivity index (χ4n) is 6.08. The van der Waals surface area contributed by atoms with E-state index in [1.807, 2.05) is 35.5 Å². The lowest BCUT2D eigenvalue weighted by Gasteiger charge is -2.34. The first-order valence-electron chi connectivity index (χ1n) is 13.0. The van der Waals surface area contributed by atoms with Crippen molar-refractivity contribution in [1.29, 1.82) is 0 Å². The number of aliphatic hydroxyl groups excluding tert-OH is 1. The zero-order valence-electron chi connectivity index (χ0n) is 21.5. The van der Waals surface area contributed by atoms with Crippen molar-refractivity contribution in [3.8, 4) is 0 Å². The van der Waals surface area contributed by atoms with E-state index in [1.165, 1.54) is 5.56 Å². The lowest BCUT2D eigenvalue weighted by atomic mass is 9.98. The van der Waals surface area contributed by atoms with Gasteiger partial charge in [0.25, 0.3) is 5.91 Å². The SMILES string of the molecule is Cc1cn2nc([C@@H]3CCCCN3C(=O)c3[nH]c4c(C)ccc(C)c4c3C)cc2nc1N1CCC(O)C1. The summed E-state index contributed by atoms with van der Waals surface area (Å²) in [4.78, 5) is 26.4. The van der Waals surface area contributed by atoms with Crippen molar-refractivity contribution < 1.29 is 9.90 Å². The molecule has 5 heterocycles. The monoisotopic (exact) mass is 486 g/mol. The molecule has 8 nitrogen and oxygen atoms in total. The predicted octanol–water partition coefficient (Wildman–Crippen LogP) is 4.38. The Balaban J connectivity index is 1.36. The first kappa shape index (κ1) is 23.0. The minimum atomic E-state index is -0.301. The molecular formula is C28H34N6O2. The Morgan fingerprint density at radius 2 is 1.86 bits per heavy atom. The molecule has 0 saturated carbocycles. The number of hydrogen-bond donors (Lipinski definition) is 2. The van der Waals surface area contributed by atoms with Crippen LogP contribution in [-0.2, 0) is 0 Å². The second-order valence-electron chi connectivity index (χ2n) is 10.6. The maximum atomic E-state index is 13.9. The van der Waals surface area contributed by atoms with E-state index in [4.69, 9.17) is 10.1 Å². The topological polar surface area (TPSA) is 89.8 Å². The van der Waals surface area contributed by atoms with Crippen molar-refractivity contribution in [3.05, 3.63) is 58.0 Å². The molecule has 1 amide bonds. The molecule has 2 aliphatic heterocycles. The number of aryl methyl sites for hydroxylation is 4. The summed E-state index contributed by atoms with van der Waals surface area (Å²) in [5.74, 6) is 0.946. The molecule has 2 atom stereocenters. The Morgan fingerprint density at radius 3 is 2.61 bits per heavy atom. The smallest absolute Gasteiger partial charge is 0.271 e. The van der Waals surface area contributed by atoms with Crippen molar-refractivity contribution in [2.24, 2.45) is 0 Å². The van der Waals surface area contributed by atoms with E-state index in [1.54, 1.807) is 0 Å². The summed E-state index contributed by atoms with van der Waals surface area (Å²) >= 11 is 0. The molecule has 4 aromatic rings. The number of carbonyl (C=O) groups excluding carboxylic acids is 1. The van der Waals surface area contributed by atoms with Gasteiger partial charge in [0.05, 0.1) is 17.8 Å². The van der Waals surface area contributed by atoms with Crippen LogP contribution in [-0.4, -0.2) is 61.2 Å². The van der Waals surface area contributed by atoms with Crippen molar-refractivity contribution in [3.63, 3.8) is 0 Å². The highest BCUT2D eigenvalue weighted by Gasteiger charge is 2.33. The van der Waals surface area contributed by atoms with Gasteiger partial charge in [-0.25, -0.2) is 9.50 Å². The van der Waals surface area contributed by atoms with Crippen LogP contribution in [0.2, 0.25) is 0 Å². The molecule has 188 valence electrons. The summed E-state index contributed by atoms with van der Waals surface area (Å²) in [5.41, 5.74) is 7.77. The number of carbonyl (C=O) groups is 1. The molecule has 0 radical (unpaired) electrons. The molecule has 0 aliphatic carbocycles. The van der Waals surface area contributed by atoms with E-state index < -0.39 is 0 Å². The molecule has 3 aromatic heterocycles. The number of aliphatic hydroxyl groups is 1. The highest BCUT2D eigenvalue weighted by molar-refractivity contribution is 6.02. The van der Waals surface area contributed by atoms with Gasteiger partial charge in [-0.1, -0.05) is 12.1 Å². The summed E-state index contributed by atoms with van der Waals surface area (Å²) in [5, 5.41) is 16.0. The van der Waals surface area contributed by atoms with E-state index in [2.05, 4.69) is 35.9 Å². The zero-order valence-corrected chi connectivity index (χ0v) is 21.5. The quantitative estimate of drug-likeness (QED) is 0.449. The summed E-state index contributed by atoms with van der Waals surface area (Å²) in [6, 6.07) is 6.17. The second kappa shape index (κ2) is 8.62. The van der Waals surface area contributed by atoms with E-state index in [0.29, 0.717) is 18.8 Å². The minimum Gasteiger partial charge on any atom is -0.391 e. The van der Waals surface area contributed by atoms with E-state index in [9.17, 15) is 9.90 Å². The van der Waals surface area contributed by atoms with Crippen LogP contribution in [0.5, 0.6) is 0 Å². The van der Waals surface area contributed by atoms with Gasteiger partial charge in [-0.05, 0) is 70.1 Å². The maximum absolute atomic E-state index is 13.9. The Morgan fingerprint density at radius 1 is 1.06 bits per heavy atom. The van der Waals surface area contributed by atoms with Crippen LogP contribution in [0.3, 0.4) is 0 Å². The molecule has 1 unspecified atom stereocenters. The van der Waals surface area contributed by atoms with Crippen molar-refractivity contribution in [2.45, 2.75) is 65.5 Å². The van der Waals surface area contributed by atoms with Gasteiger partial charge in [0.1, 0.15) is 11.5 Å². The van der Waals surface area contributed by atoms with Crippen molar-refractivity contribution >= 4 is 28.3 Å². The number of likely N-dealkylation sites (tertiary alicyclic amines) is 1. The molecule has 0 bridgehead atoms. The van der Waals surface area contributed by atoms with Crippen LogP contribution in [0.1, 0.15) is 70.2 Å². The molecule has 8 heteroatoms. The van der Waals surface area contributed by atoms with Gasteiger partial charge in [-0.15, -0.1) is 0 Å². The maximum Gasteiger partial charge on any atom is 0.271 e. The molecule has 2 saturated heterocycles. The van der Waals surface area contributed by atoms with Crippen molar-refractivity contribution in [2.75, 3.05) is 24.5 Å². The van der Waals surface area contributed by atoms with Gasteiger partial charge in [-0.2, -0.15) is 5.10 Å². The number of rotatable bonds is 3. The van der Waals surface area contributed by atoms with Crippen LogP contribution >= 0.6 is 0 Å².